The lowest BCUT2D eigenvalue weighted by atomic mass is 10.2. The maximum atomic E-state index is 13.4. The lowest BCUT2D eigenvalue weighted by Gasteiger charge is -2.07. The van der Waals surface area contributed by atoms with Crippen molar-refractivity contribution in [3.63, 3.8) is 0 Å². The van der Waals surface area contributed by atoms with Crippen molar-refractivity contribution in [2.24, 2.45) is 0 Å². The van der Waals surface area contributed by atoms with E-state index in [1.54, 1.807) is 12.1 Å². The highest BCUT2D eigenvalue weighted by Crippen LogP contribution is 2.39. The smallest absolute Gasteiger partial charge is 0.336 e. The molecule has 2 rings (SSSR count). The predicted octanol–water partition coefficient (Wildman–Crippen LogP) is 4.35. The van der Waals surface area contributed by atoms with Gasteiger partial charge in [-0.15, -0.1) is 0 Å². The lowest BCUT2D eigenvalue weighted by molar-refractivity contribution is -0.387. The van der Waals surface area contributed by atoms with Crippen molar-refractivity contribution >= 4 is 39.3 Å². The van der Waals surface area contributed by atoms with Gasteiger partial charge in [-0.2, -0.15) is 0 Å². The Morgan fingerprint density at radius 3 is 2.57 bits per heavy atom. The van der Waals surface area contributed by atoms with Crippen LogP contribution in [0.25, 0.3) is 0 Å². The zero-order valence-electron chi connectivity index (χ0n) is 10.2. The van der Waals surface area contributed by atoms with Crippen LogP contribution in [0.3, 0.4) is 0 Å². The van der Waals surface area contributed by atoms with Gasteiger partial charge in [0.05, 0.1) is 25.9 Å². The average molecular weight is 372 g/mol. The van der Waals surface area contributed by atoms with E-state index >= 15 is 0 Å². The predicted molar refractivity (Wildman–Crippen MR) is 78.3 cm³/mol. The minimum absolute atomic E-state index is 0.0252. The van der Waals surface area contributed by atoms with Crippen molar-refractivity contribution < 1.29 is 19.2 Å². The molecular formula is C13H7BrFNO4S. The molecule has 8 heteroatoms. The first-order chi connectivity index (χ1) is 9.90. The Kier molecular flexibility index (Phi) is 4.59. The van der Waals surface area contributed by atoms with Crippen LogP contribution in [0.15, 0.2) is 50.7 Å². The van der Waals surface area contributed by atoms with Crippen molar-refractivity contribution in [3.8, 4) is 0 Å². The molecule has 0 saturated carbocycles. The van der Waals surface area contributed by atoms with Crippen LogP contribution >= 0.6 is 27.7 Å². The summed E-state index contributed by atoms with van der Waals surface area (Å²) in [6.07, 6.45) is 0. The fourth-order valence-electron chi connectivity index (χ4n) is 1.59. The maximum absolute atomic E-state index is 13.4. The van der Waals surface area contributed by atoms with Gasteiger partial charge in [0.1, 0.15) is 5.82 Å². The zero-order chi connectivity index (χ0) is 15.6. The molecule has 0 atom stereocenters. The molecular weight excluding hydrogens is 365 g/mol. The molecule has 0 heterocycles. The Balaban J connectivity index is 2.52. The second-order valence-electron chi connectivity index (χ2n) is 3.89. The molecule has 2 aromatic rings. The maximum Gasteiger partial charge on any atom is 0.336 e. The van der Waals surface area contributed by atoms with Crippen LogP contribution in [0, 0.1) is 15.9 Å². The molecule has 0 radical (unpaired) electrons. The largest absolute Gasteiger partial charge is 0.478 e. The van der Waals surface area contributed by atoms with E-state index in [1.807, 2.05) is 0 Å². The monoisotopic (exact) mass is 371 g/mol. The number of aromatic carboxylic acids is 1. The van der Waals surface area contributed by atoms with E-state index in [-0.39, 0.29) is 14.9 Å². The van der Waals surface area contributed by atoms with E-state index < -0.39 is 22.4 Å². The summed E-state index contributed by atoms with van der Waals surface area (Å²) in [6.45, 7) is 0. The molecule has 0 aromatic heterocycles. The number of nitro benzene ring substituents is 1. The minimum Gasteiger partial charge on any atom is -0.478 e. The number of halogens is 2. The summed E-state index contributed by atoms with van der Waals surface area (Å²) in [6, 6.07) is 8.18. The number of nitro groups is 1. The third-order valence-corrected chi connectivity index (χ3v) is 4.27. The van der Waals surface area contributed by atoms with Crippen molar-refractivity contribution in [2.75, 3.05) is 0 Å². The highest BCUT2D eigenvalue weighted by Gasteiger charge is 2.20. The quantitative estimate of drug-likeness (QED) is 0.638. The second kappa shape index (κ2) is 6.23. The molecule has 0 unspecified atom stereocenters. The topological polar surface area (TPSA) is 80.4 Å². The van der Waals surface area contributed by atoms with Gasteiger partial charge in [-0.05, 0) is 34.1 Å². The van der Waals surface area contributed by atoms with Gasteiger partial charge in [-0.1, -0.05) is 23.9 Å². The van der Waals surface area contributed by atoms with Crippen LogP contribution in [0.2, 0.25) is 0 Å². The summed E-state index contributed by atoms with van der Waals surface area (Å²) in [5.74, 6) is -1.89. The van der Waals surface area contributed by atoms with Gasteiger partial charge >= 0.3 is 5.97 Å². The minimum atomic E-state index is -1.14. The van der Waals surface area contributed by atoms with Crippen molar-refractivity contribution in [2.45, 2.75) is 9.79 Å². The van der Waals surface area contributed by atoms with E-state index in [9.17, 15) is 19.3 Å². The van der Waals surface area contributed by atoms with Gasteiger partial charge in [0.25, 0.3) is 5.69 Å². The Labute approximate surface area is 131 Å². The number of nitrogens with zero attached hydrogens (tertiary/aromatic N) is 1. The molecule has 0 amide bonds. The fraction of sp³-hybridized carbons (Fsp3) is 0. The van der Waals surface area contributed by atoms with Crippen molar-refractivity contribution in [1.82, 2.24) is 0 Å². The summed E-state index contributed by atoms with van der Waals surface area (Å²) >= 11 is 3.86. The molecule has 0 fully saturated rings. The molecule has 0 aliphatic heterocycles. The molecule has 108 valence electrons. The standard InChI is InChI=1S/C13H7BrFNO4S/c14-8-5-12(10(16(19)20)6-9(8)15)21-11-4-2-1-3-7(11)13(17)18/h1-6H,(H,17,18). The first-order valence-electron chi connectivity index (χ1n) is 5.53. The third-order valence-electron chi connectivity index (χ3n) is 2.54. The molecule has 0 aliphatic carbocycles. The van der Waals surface area contributed by atoms with Crippen LogP contribution in [0.1, 0.15) is 10.4 Å². The van der Waals surface area contributed by atoms with Crippen LogP contribution in [0.5, 0.6) is 0 Å². The van der Waals surface area contributed by atoms with E-state index in [1.165, 1.54) is 18.2 Å². The summed E-state index contributed by atoms with van der Waals surface area (Å²) in [5.41, 5.74) is -0.391. The van der Waals surface area contributed by atoms with Crippen molar-refractivity contribution in [1.29, 1.82) is 0 Å². The summed E-state index contributed by atoms with van der Waals surface area (Å²) < 4.78 is 13.5. The molecule has 21 heavy (non-hydrogen) atoms. The molecule has 0 aliphatic rings. The Bertz CT molecular complexity index is 738. The molecule has 0 bridgehead atoms. The Hall–Kier alpha value is -1.93. The van der Waals surface area contributed by atoms with Gasteiger partial charge in [-0.3, -0.25) is 10.1 Å². The van der Waals surface area contributed by atoms with Crippen LogP contribution < -0.4 is 0 Å². The summed E-state index contributed by atoms with van der Waals surface area (Å²) in [7, 11) is 0. The normalized spacial score (nSPS) is 10.4. The number of benzene rings is 2. The molecule has 2 aromatic carbocycles. The van der Waals surface area contributed by atoms with E-state index in [4.69, 9.17) is 5.11 Å². The molecule has 5 nitrogen and oxygen atoms in total. The van der Waals surface area contributed by atoms with E-state index in [0.29, 0.717) is 4.90 Å². The van der Waals surface area contributed by atoms with Gasteiger partial charge < -0.3 is 5.11 Å². The molecule has 0 saturated heterocycles. The van der Waals surface area contributed by atoms with Gasteiger partial charge in [0.15, 0.2) is 0 Å². The number of rotatable bonds is 4. The number of hydrogen-bond donors (Lipinski definition) is 1. The number of carbonyl (C=O) groups is 1. The van der Waals surface area contributed by atoms with Crippen LogP contribution in [-0.2, 0) is 0 Å². The average Bonchev–Trinajstić information content (AvgIpc) is 2.42. The summed E-state index contributed by atoms with van der Waals surface area (Å²) in [4.78, 5) is 21.9. The van der Waals surface area contributed by atoms with E-state index in [2.05, 4.69) is 15.9 Å². The fourth-order valence-corrected chi connectivity index (χ4v) is 3.15. The van der Waals surface area contributed by atoms with Crippen LogP contribution in [-0.4, -0.2) is 16.0 Å². The van der Waals surface area contributed by atoms with Crippen LogP contribution in [0.4, 0.5) is 10.1 Å². The number of hydrogen-bond acceptors (Lipinski definition) is 4. The number of carboxylic acids is 1. The first kappa shape index (κ1) is 15.5. The van der Waals surface area contributed by atoms with Gasteiger partial charge in [0, 0.05) is 4.90 Å². The highest BCUT2D eigenvalue weighted by molar-refractivity contribution is 9.10. The molecule has 0 spiro atoms. The van der Waals surface area contributed by atoms with E-state index in [0.717, 1.165) is 17.8 Å². The highest BCUT2D eigenvalue weighted by atomic mass is 79.9. The second-order valence-corrected chi connectivity index (χ2v) is 5.83. The Morgan fingerprint density at radius 2 is 1.95 bits per heavy atom. The summed E-state index contributed by atoms with van der Waals surface area (Å²) in [5, 5.41) is 20.1. The van der Waals surface area contributed by atoms with Gasteiger partial charge in [0.2, 0.25) is 0 Å². The number of carboxylic acid groups (broad SMARTS) is 1. The first-order valence-corrected chi connectivity index (χ1v) is 7.14. The van der Waals surface area contributed by atoms with Gasteiger partial charge in [-0.25, -0.2) is 9.18 Å². The lowest BCUT2D eigenvalue weighted by Crippen LogP contribution is -1.99. The Morgan fingerprint density at radius 1 is 1.29 bits per heavy atom. The third kappa shape index (κ3) is 3.40. The SMILES string of the molecule is O=C(O)c1ccccc1Sc1cc(Br)c(F)cc1[N+](=O)[O-]. The molecule has 1 N–H and O–H groups in total. The van der Waals surface area contributed by atoms with Crippen molar-refractivity contribution in [3.05, 3.63) is 62.4 Å². The zero-order valence-corrected chi connectivity index (χ0v) is 12.6.